The summed E-state index contributed by atoms with van der Waals surface area (Å²) in [5.41, 5.74) is 0.406. The predicted octanol–water partition coefficient (Wildman–Crippen LogP) is 1.30. The number of rotatable bonds is 4. The highest BCUT2D eigenvalue weighted by atomic mass is 32.2. The van der Waals surface area contributed by atoms with E-state index in [1.807, 2.05) is 6.07 Å². The zero-order valence-electron chi connectivity index (χ0n) is 11.4. The van der Waals surface area contributed by atoms with Crippen LogP contribution in [0, 0.1) is 11.3 Å². The average molecular weight is 304 g/mol. The van der Waals surface area contributed by atoms with Crippen LogP contribution in [0.3, 0.4) is 0 Å². The van der Waals surface area contributed by atoms with E-state index in [1.165, 1.54) is 42.1 Å². The molecule has 0 saturated carbocycles. The van der Waals surface area contributed by atoms with Gasteiger partial charge < -0.3 is 0 Å². The Labute approximate surface area is 121 Å². The third-order valence-corrected chi connectivity index (χ3v) is 4.07. The lowest BCUT2D eigenvalue weighted by atomic mass is 10.2. The molecule has 2 rings (SSSR count). The van der Waals surface area contributed by atoms with Crippen LogP contribution in [0.2, 0.25) is 0 Å². The SMILES string of the molecule is CC(=O)c1cccc(S(=O)(=O)Nc2nn(C)cc2C#N)c1. The summed E-state index contributed by atoms with van der Waals surface area (Å²) in [5.74, 6) is -0.282. The van der Waals surface area contributed by atoms with Gasteiger partial charge in [0.2, 0.25) is 0 Å². The van der Waals surface area contributed by atoms with Crippen molar-refractivity contribution < 1.29 is 13.2 Å². The molecule has 2 aromatic rings. The van der Waals surface area contributed by atoms with Gasteiger partial charge in [0, 0.05) is 18.8 Å². The minimum Gasteiger partial charge on any atom is -0.295 e. The van der Waals surface area contributed by atoms with Gasteiger partial charge in [0.05, 0.1) is 4.90 Å². The van der Waals surface area contributed by atoms with E-state index in [1.54, 1.807) is 7.05 Å². The number of hydrogen-bond donors (Lipinski definition) is 1. The quantitative estimate of drug-likeness (QED) is 0.857. The molecular formula is C13H12N4O3S. The van der Waals surface area contributed by atoms with E-state index >= 15 is 0 Å². The molecule has 0 aliphatic carbocycles. The number of nitrogens with one attached hydrogen (secondary N) is 1. The normalized spacial score (nSPS) is 10.9. The maximum absolute atomic E-state index is 12.3. The number of ketones is 1. The second kappa shape index (κ2) is 5.38. The minimum atomic E-state index is -3.92. The number of anilines is 1. The molecule has 1 aromatic heterocycles. The van der Waals surface area contributed by atoms with Crippen LogP contribution in [-0.2, 0) is 17.1 Å². The molecule has 0 radical (unpaired) electrons. The first kappa shape index (κ1) is 14.7. The smallest absolute Gasteiger partial charge is 0.263 e. The van der Waals surface area contributed by atoms with Crippen LogP contribution in [0.15, 0.2) is 35.4 Å². The second-order valence-electron chi connectivity index (χ2n) is 4.37. The van der Waals surface area contributed by atoms with Crippen molar-refractivity contribution >= 4 is 21.6 Å². The Kier molecular flexibility index (Phi) is 3.78. The third-order valence-electron chi connectivity index (χ3n) is 2.73. The summed E-state index contributed by atoms with van der Waals surface area (Å²) in [6, 6.07) is 7.51. The van der Waals surface area contributed by atoms with Gasteiger partial charge in [-0.25, -0.2) is 8.42 Å². The first-order valence-electron chi connectivity index (χ1n) is 5.91. The molecule has 1 heterocycles. The molecule has 108 valence electrons. The fourth-order valence-electron chi connectivity index (χ4n) is 1.71. The summed E-state index contributed by atoms with van der Waals surface area (Å²) in [6.45, 7) is 1.35. The Hall–Kier alpha value is -2.66. The van der Waals surface area contributed by atoms with Crippen LogP contribution in [0.25, 0.3) is 0 Å². The maximum atomic E-state index is 12.3. The minimum absolute atomic E-state index is 0.0479. The van der Waals surface area contributed by atoms with Crippen LogP contribution < -0.4 is 4.72 Å². The van der Waals surface area contributed by atoms with Gasteiger partial charge in [-0.1, -0.05) is 12.1 Å². The third kappa shape index (κ3) is 3.09. The Balaban J connectivity index is 2.41. The topological polar surface area (TPSA) is 105 Å². The van der Waals surface area contributed by atoms with Crippen molar-refractivity contribution in [2.24, 2.45) is 7.05 Å². The Morgan fingerprint density at radius 2 is 2.14 bits per heavy atom. The predicted molar refractivity (Wildman–Crippen MR) is 75.2 cm³/mol. The van der Waals surface area contributed by atoms with E-state index in [2.05, 4.69) is 9.82 Å². The lowest BCUT2D eigenvalue weighted by Gasteiger charge is -2.06. The zero-order chi connectivity index (χ0) is 15.6. The van der Waals surface area contributed by atoms with Crippen molar-refractivity contribution in [3.63, 3.8) is 0 Å². The standard InChI is InChI=1S/C13H12N4O3S/c1-9(18)10-4-3-5-12(6-10)21(19,20)16-13-11(7-14)8-17(2)15-13/h3-6,8H,1-2H3,(H,15,16). The first-order valence-corrected chi connectivity index (χ1v) is 7.39. The van der Waals surface area contributed by atoms with Gasteiger partial charge in [0.25, 0.3) is 10.0 Å². The highest BCUT2D eigenvalue weighted by Crippen LogP contribution is 2.18. The highest BCUT2D eigenvalue weighted by Gasteiger charge is 2.19. The van der Waals surface area contributed by atoms with Crippen molar-refractivity contribution in [2.75, 3.05) is 4.72 Å². The fraction of sp³-hybridized carbons (Fsp3) is 0.154. The summed E-state index contributed by atoms with van der Waals surface area (Å²) in [7, 11) is -2.34. The Morgan fingerprint density at radius 1 is 1.43 bits per heavy atom. The van der Waals surface area contributed by atoms with E-state index in [0.717, 1.165) is 0 Å². The molecule has 1 aromatic carbocycles. The molecular weight excluding hydrogens is 292 g/mol. The number of carbonyl (C=O) groups is 1. The maximum Gasteiger partial charge on any atom is 0.263 e. The van der Waals surface area contributed by atoms with Gasteiger partial charge >= 0.3 is 0 Å². The number of aryl methyl sites for hydroxylation is 1. The van der Waals surface area contributed by atoms with Crippen molar-refractivity contribution in [3.8, 4) is 6.07 Å². The number of sulfonamides is 1. The molecule has 0 amide bonds. The molecule has 0 atom stereocenters. The molecule has 1 N–H and O–H groups in total. The van der Waals surface area contributed by atoms with Gasteiger partial charge in [0.1, 0.15) is 11.6 Å². The van der Waals surface area contributed by atoms with Crippen LogP contribution in [0.1, 0.15) is 22.8 Å². The first-order chi connectivity index (χ1) is 9.83. The van der Waals surface area contributed by atoms with E-state index < -0.39 is 10.0 Å². The molecule has 0 bridgehead atoms. The summed E-state index contributed by atoms with van der Waals surface area (Å²) < 4.78 is 28.1. The molecule has 0 spiro atoms. The van der Waals surface area contributed by atoms with Gasteiger partial charge in [-0.05, 0) is 19.1 Å². The molecule has 0 aliphatic rings. The largest absolute Gasteiger partial charge is 0.295 e. The Morgan fingerprint density at radius 3 is 2.76 bits per heavy atom. The molecule has 0 unspecified atom stereocenters. The number of nitrogens with zero attached hydrogens (tertiary/aromatic N) is 3. The molecule has 21 heavy (non-hydrogen) atoms. The number of nitriles is 1. The van der Waals surface area contributed by atoms with Gasteiger partial charge in [-0.15, -0.1) is 0 Å². The van der Waals surface area contributed by atoms with E-state index in [-0.39, 0.29) is 22.1 Å². The van der Waals surface area contributed by atoms with Gasteiger partial charge in [0.15, 0.2) is 11.6 Å². The van der Waals surface area contributed by atoms with E-state index in [0.29, 0.717) is 5.56 Å². The van der Waals surface area contributed by atoms with Crippen molar-refractivity contribution in [2.45, 2.75) is 11.8 Å². The Bertz CT molecular complexity index is 847. The highest BCUT2D eigenvalue weighted by molar-refractivity contribution is 7.92. The number of Topliss-reactive ketones (excluding diaryl/α,β-unsaturated/α-hetero) is 1. The molecule has 7 nitrogen and oxygen atoms in total. The van der Waals surface area contributed by atoms with Crippen LogP contribution in [0.4, 0.5) is 5.82 Å². The number of carbonyl (C=O) groups excluding carboxylic acids is 1. The number of benzene rings is 1. The van der Waals surface area contributed by atoms with Crippen molar-refractivity contribution in [1.82, 2.24) is 9.78 Å². The second-order valence-corrected chi connectivity index (χ2v) is 6.05. The van der Waals surface area contributed by atoms with E-state index in [9.17, 15) is 13.2 Å². The summed E-state index contributed by atoms with van der Waals surface area (Å²) in [5, 5.41) is 12.8. The number of aromatic nitrogens is 2. The average Bonchev–Trinajstić information content (AvgIpc) is 2.78. The van der Waals surface area contributed by atoms with Crippen LogP contribution in [0.5, 0.6) is 0 Å². The summed E-state index contributed by atoms with van der Waals surface area (Å²) in [6.07, 6.45) is 1.41. The van der Waals surface area contributed by atoms with Crippen LogP contribution in [-0.4, -0.2) is 24.0 Å². The molecule has 0 aliphatic heterocycles. The lowest BCUT2D eigenvalue weighted by Crippen LogP contribution is -2.14. The van der Waals surface area contributed by atoms with Crippen LogP contribution >= 0.6 is 0 Å². The lowest BCUT2D eigenvalue weighted by molar-refractivity contribution is 0.101. The number of hydrogen-bond acceptors (Lipinski definition) is 5. The summed E-state index contributed by atoms with van der Waals surface area (Å²) >= 11 is 0. The van der Waals surface area contributed by atoms with Crippen molar-refractivity contribution in [1.29, 1.82) is 5.26 Å². The molecule has 0 saturated heterocycles. The molecule has 0 fully saturated rings. The van der Waals surface area contributed by atoms with Gasteiger partial charge in [-0.2, -0.15) is 10.4 Å². The monoisotopic (exact) mass is 304 g/mol. The summed E-state index contributed by atoms with van der Waals surface area (Å²) in [4.78, 5) is 11.2. The van der Waals surface area contributed by atoms with E-state index in [4.69, 9.17) is 5.26 Å². The fourth-order valence-corrected chi connectivity index (χ4v) is 2.78. The molecule has 8 heteroatoms. The van der Waals surface area contributed by atoms with Gasteiger partial charge in [-0.3, -0.25) is 14.2 Å². The van der Waals surface area contributed by atoms with Crippen molar-refractivity contribution in [3.05, 3.63) is 41.6 Å². The zero-order valence-corrected chi connectivity index (χ0v) is 12.2.